The van der Waals surface area contributed by atoms with Gasteiger partial charge in [-0.3, -0.25) is 0 Å². The van der Waals surface area contributed by atoms with Crippen molar-refractivity contribution < 1.29 is 20.1 Å². The van der Waals surface area contributed by atoms with Crippen molar-refractivity contribution in [2.75, 3.05) is 0 Å². The summed E-state index contributed by atoms with van der Waals surface area (Å²) in [6.07, 6.45) is 0. The third-order valence-electron chi connectivity index (χ3n) is 1.78. The molecule has 13 heavy (non-hydrogen) atoms. The molecule has 0 amide bonds. The minimum atomic E-state index is -1.25. The normalized spacial score (nSPS) is 12.4. The number of aliphatic carboxylic acids is 1. The van der Waals surface area contributed by atoms with E-state index in [4.69, 9.17) is 10.2 Å². The smallest absolute Gasteiger partial charge is 0.119 e. The zero-order valence-corrected chi connectivity index (χ0v) is 7.02. The third-order valence-corrected chi connectivity index (χ3v) is 1.78. The minimum absolute atomic E-state index is 0.164. The molecular formula is C9H9O4-. The zero-order chi connectivity index (χ0) is 10.0. The van der Waals surface area contributed by atoms with Gasteiger partial charge < -0.3 is 20.1 Å². The Morgan fingerprint density at radius 2 is 1.77 bits per heavy atom. The molecule has 0 saturated carbocycles. The minimum Gasteiger partial charge on any atom is -0.550 e. The van der Waals surface area contributed by atoms with Crippen molar-refractivity contribution in [3.8, 4) is 11.5 Å². The summed E-state index contributed by atoms with van der Waals surface area (Å²) in [6, 6.07) is 3.69. The highest BCUT2D eigenvalue weighted by molar-refractivity contribution is 5.73. The van der Waals surface area contributed by atoms with Crippen molar-refractivity contribution >= 4 is 5.97 Å². The maximum atomic E-state index is 10.4. The van der Waals surface area contributed by atoms with Crippen LogP contribution in [0.1, 0.15) is 18.4 Å². The van der Waals surface area contributed by atoms with Crippen LogP contribution in [0.3, 0.4) is 0 Å². The van der Waals surface area contributed by atoms with Crippen LogP contribution in [-0.4, -0.2) is 16.2 Å². The van der Waals surface area contributed by atoms with E-state index in [1.54, 1.807) is 0 Å². The lowest BCUT2D eigenvalue weighted by Gasteiger charge is -2.13. The number of benzene rings is 1. The van der Waals surface area contributed by atoms with Gasteiger partial charge in [-0.1, -0.05) is 6.92 Å². The molecule has 0 heterocycles. The Kier molecular flexibility index (Phi) is 2.41. The molecule has 1 atom stereocenters. The molecule has 0 aliphatic heterocycles. The number of hydrogen-bond acceptors (Lipinski definition) is 4. The highest BCUT2D eigenvalue weighted by Gasteiger charge is 2.08. The van der Waals surface area contributed by atoms with Crippen LogP contribution in [0.15, 0.2) is 18.2 Å². The lowest BCUT2D eigenvalue weighted by Crippen LogP contribution is -2.27. The molecule has 0 spiro atoms. The molecule has 1 aromatic rings. The van der Waals surface area contributed by atoms with Gasteiger partial charge in [0.2, 0.25) is 0 Å². The third kappa shape index (κ3) is 2.11. The number of hydrogen-bond donors (Lipinski definition) is 2. The quantitative estimate of drug-likeness (QED) is 0.670. The molecule has 1 rings (SSSR count). The lowest BCUT2D eigenvalue weighted by atomic mass is 10.0. The predicted octanol–water partition coefficient (Wildman–Crippen LogP) is -0.0488. The van der Waals surface area contributed by atoms with Crippen LogP contribution in [0.25, 0.3) is 0 Å². The van der Waals surface area contributed by atoms with Gasteiger partial charge in [0.25, 0.3) is 0 Å². The second kappa shape index (κ2) is 3.35. The van der Waals surface area contributed by atoms with Crippen LogP contribution in [0.4, 0.5) is 0 Å². The molecule has 4 heteroatoms. The number of carboxylic acid groups (broad SMARTS) is 1. The van der Waals surface area contributed by atoms with Crippen molar-refractivity contribution in [1.29, 1.82) is 0 Å². The van der Waals surface area contributed by atoms with E-state index in [-0.39, 0.29) is 11.5 Å². The molecule has 0 fully saturated rings. The molecule has 0 aliphatic rings. The SMILES string of the molecule is CC(C(=O)[O-])c1cc(O)cc(O)c1. The van der Waals surface area contributed by atoms with Gasteiger partial charge in [0, 0.05) is 18.0 Å². The summed E-state index contributed by atoms with van der Waals surface area (Å²) in [7, 11) is 0. The fourth-order valence-corrected chi connectivity index (χ4v) is 1.00. The van der Waals surface area contributed by atoms with Crippen molar-refractivity contribution in [2.24, 2.45) is 0 Å². The van der Waals surface area contributed by atoms with Crippen LogP contribution >= 0.6 is 0 Å². The maximum Gasteiger partial charge on any atom is 0.119 e. The maximum absolute atomic E-state index is 10.4. The monoisotopic (exact) mass is 181 g/mol. The second-order valence-corrected chi connectivity index (χ2v) is 2.82. The largest absolute Gasteiger partial charge is 0.550 e. The molecule has 0 radical (unpaired) electrons. The van der Waals surface area contributed by atoms with Crippen LogP contribution in [0, 0.1) is 0 Å². The first-order chi connectivity index (χ1) is 6.00. The summed E-state index contributed by atoms with van der Waals surface area (Å²) < 4.78 is 0. The summed E-state index contributed by atoms with van der Waals surface area (Å²) in [5.74, 6) is -2.42. The number of carbonyl (C=O) groups excluding carboxylic acids is 1. The van der Waals surface area contributed by atoms with Gasteiger partial charge in [-0.2, -0.15) is 0 Å². The fraction of sp³-hybridized carbons (Fsp3) is 0.222. The molecule has 1 unspecified atom stereocenters. The Hall–Kier alpha value is -1.71. The first-order valence-corrected chi connectivity index (χ1v) is 3.74. The Morgan fingerprint density at radius 1 is 1.31 bits per heavy atom. The van der Waals surface area contributed by atoms with Gasteiger partial charge in [0.1, 0.15) is 11.5 Å². The van der Waals surface area contributed by atoms with Gasteiger partial charge in [-0.05, 0) is 17.7 Å². The zero-order valence-electron chi connectivity index (χ0n) is 7.02. The summed E-state index contributed by atoms with van der Waals surface area (Å²) in [6.45, 7) is 1.42. The van der Waals surface area contributed by atoms with Crippen molar-refractivity contribution in [3.63, 3.8) is 0 Å². The van der Waals surface area contributed by atoms with E-state index in [0.29, 0.717) is 5.56 Å². The molecule has 0 aromatic heterocycles. The standard InChI is InChI=1S/C9H10O4/c1-5(9(12)13)6-2-7(10)4-8(11)3-6/h2-5,10-11H,1H3,(H,12,13)/p-1. The number of rotatable bonds is 2. The van der Waals surface area contributed by atoms with Crippen LogP contribution in [-0.2, 0) is 4.79 Å². The fourth-order valence-electron chi connectivity index (χ4n) is 1.00. The summed E-state index contributed by atoms with van der Waals surface area (Å²) in [4.78, 5) is 10.4. The average molecular weight is 181 g/mol. The van der Waals surface area contributed by atoms with Crippen LogP contribution in [0.5, 0.6) is 11.5 Å². The van der Waals surface area contributed by atoms with E-state index in [2.05, 4.69) is 0 Å². The average Bonchev–Trinajstić information content (AvgIpc) is 2.01. The Morgan fingerprint density at radius 3 is 2.15 bits per heavy atom. The van der Waals surface area contributed by atoms with E-state index < -0.39 is 11.9 Å². The van der Waals surface area contributed by atoms with Crippen molar-refractivity contribution in [3.05, 3.63) is 23.8 Å². The number of carboxylic acids is 1. The van der Waals surface area contributed by atoms with Gasteiger partial charge in [0.15, 0.2) is 0 Å². The summed E-state index contributed by atoms with van der Waals surface area (Å²) in [5.41, 5.74) is 0.317. The number of aromatic hydroxyl groups is 2. The molecule has 0 bridgehead atoms. The summed E-state index contributed by atoms with van der Waals surface area (Å²) >= 11 is 0. The lowest BCUT2D eigenvalue weighted by molar-refractivity contribution is -0.307. The van der Waals surface area contributed by atoms with E-state index in [1.165, 1.54) is 19.1 Å². The number of carbonyl (C=O) groups is 1. The number of phenols is 2. The first-order valence-electron chi connectivity index (χ1n) is 3.74. The topological polar surface area (TPSA) is 80.6 Å². The van der Waals surface area contributed by atoms with E-state index in [9.17, 15) is 9.90 Å². The molecule has 0 saturated heterocycles. The van der Waals surface area contributed by atoms with Crippen LogP contribution in [0.2, 0.25) is 0 Å². The Balaban J connectivity index is 3.07. The molecule has 4 nitrogen and oxygen atoms in total. The molecule has 70 valence electrons. The predicted molar refractivity (Wildman–Crippen MR) is 43.2 cm³/mol. The Labute approximate surface area is 75.1 Å². The van der Waals surface area contributed by atoms with Gasteiger partial charge in [0.05, 0.1) is 0 Å². The van der Waals surface area contributed by atoms with Crippen LogP contribution < -0.4 is 5.11 Å². The van der Waals surface area contributed by atoms with Gasteiger partial charge >= 0.3 is 0 Å². The summed E-state index contributed by atoms with van der Waals surface area (Å²) in [5, 5.41) is 28.6. The highest BCUT2D eigenvalue weighted by atomic mass is 16.4. The van der Waals surface area contributed by atoms with Crippen molar-refractivity contribution in [2.45, 2.75) is 12.8 Å². The number of phenolic OH excluding ortho intramolecular Hbond substituents is 2. The van der Waals surface area contributed by atoms with E-state index >= 15 is 0 Å². The molecule has 2 N–H and O–H groups in total. The molecular weight excluding hydrogens is 172 g/mol. The van der Waals surface area contributed by atoms with E-state index in [1.807, 2.05) is 0 Å². The van der Waals surface area contributed by atoms with Gasteiger partial charge in [-0.15, -0.1) is 0 Å². The van der Waals surface area contributed by atoms with Gasteiger partial charge in [-0.25, -0.2) is 0 Å². The molecule has 1 aromatic carbocycles. The van der Waals surface area contributed by atoms with Crippen molar-refractivity contribution in [1.82, 2.24) is 0 Å². The second-order valence-electron chi connectivity index (χ2n) is 2.82. The first kappa shape index (κ1) is 9.38. The molecule has 0 aliphatic carbocycles. The Bertz CT molecular complexity index is 312. The highest BCUT2D eigenvalue weighted by Crippen LogP contribution is 2.25. The van der Waals surface area contributed by atoms with E-state index in [0.717, 1.165) is 6.07 Å².